The molecule has 0 aliphatic carbocycles. The molecule has 0 aromatic carbocycles. The highest BCUT2D eigenvalue weighted by molar-refractivity contribution is 5.76. The molecule has 0 spiro atoms. The van der Waals surface area contributed by atoms with Crippen LogP contribution in [-0.4, -0.2) is 48.1 Å². The highest BCUT2D eigenvalue weighted by atomic mass is 16.2. The van der Waals surface area contributed by atoms with Crippen LogP contribution in [-0.2, 0) is 4.79 Å². The van der Waals surface area contributed by atoms with Crippen molar-refractivity contribution in [1.29, 1.82) is 0 Å². The van der Waals surface area contributed by atoms with Crippen LogP contribution in [0.15, 0.2) is 0 Å². The van der Waals surface area contributed by atoms with Gasteiger partial charge in [0, 0.05) is 25.6 Å². The van der Waals surface area contributed by atoms with Gasteiger partial charge in [0.2, 0.25) is 5.91 Å². The van der Waals surface area contributed by atoms with Gasteiger partial charge in [0.15, 0.2) is 0 Å². The topological polar surface area (TPSA) is 35.6 Å². The van der Waals surface area contributed by atoms with Crippen molar-refractivity contribution in [2.24, 2.45) is 0 Å². The zero-order chi connectivity index (χ0) is 10.7. The molecule has 4 heteroatoms. The van der Waals surface area contributed by atoms with Crippen molar-refractivity contribution in [3.8, 4) is 0 Å². The first kappa shape index (κ1) is 10.9. The molecule has 2 heterocycles. The van der Waals surface area contributed by atoms with E-state index in [0.717, 1.165) is 39.0 Å². The molecule has 0 aromatic heterocycles. The lowest BCUT2D eigenvalue weighted by Crippen LogP contribution is -2.54. The lowest BCUT2D eigenvalue weighted by molar-refractivity contribution is -0.155. The third-order valence-corrected chi connectivity index (χ3v) is 3.36. The van der Waals surface area contributed by atoms with Crippen molar-refractivity contribution < 1.29 is 4.79 Å². The maximum atomic E-state index is 11.8. The van der Waals surface area contributed by atoms with E-state index >= 15 is 0 Å². The van der Waals surface area contributed by atoms with Gasteiger partial charge in [0.25, 0.3) is 0 Å². The summed E-state index contributed by atoms with van der Waals surface area (Å²) in [6, 6.07) is 0.515. The van der Waals surface area contributed by atoms with Crippen molar-refractivity contribution in [3.05, 3.63) is 0 Å². The Morgan fingerprint density at radius 2 is 2.33 bits per heavy atom. The Morgan fingerprint density at radius 3 is 3.00 bits per heavy atom. The maximum Gasteiger partial charge on any atom is 0.236 e. The SMILES string of the molecule is CCN1CCCC(=O)N1CC1CCCN1. The molecule has 1 unspecified atom stereocenters. The molecule has 0 radical (unpaired) electrons. The molecule has 1 N–H and O–H groups in total. The molecule has 4 nitrogen and oxygen atoms in total. The summed E-state index contributed by atoms with van der Waals surface area (Å²) in [4.78, 5) is 11.8. The Bertz CT molecular complexity index is 226. The monoisotopic (exact) mass is 211 g/mol. The van der Waals surface area contributed by atoms with Crippen molar-refractivity contribution in [1.82, 2.24) is 15.3 Å². The second-order valence-corrected chi connectivity index (χ2v) is 4.42. The van der Waals surface area contributed by atoms with Crippen LogP contribution < -0.4 is 5.32 Å². The molecule has 2 aliphatic heterocycles. The van der Waals surface area contributed by atoms with Crippen LogP contribution >= 0.6 is 0 Å². The highest BCUT2D eigenvalue weighted by Gasteiger charge is 2.28. The van der Waals surface area contributed by atoms with E-state index in [4.69, 9.17) is 0 Å². The van der Waals surface area contributed by atoms with Crippen LogP contribution in [0.3, 0.4) is 0 Å². The third kappa shape index (κ3) is 2.49. The van der Waals surface area contributed by atoms with E-state index in [2.05, 4.69) is 17.2 Å². The van der Waals surface area contributed by atoms with Crippen LogP contribution in [0.25, 0.3) is 0 Å². The second-order valence-electron chi connectivity index (χ2n) is 4.42. The summed E-state index contributed by atoms with van der Waals surface area (Å²) < 4.78 is 0. The number of carbonyl (C=O) groups excluding carboxylic acids is 1. The summed E-state index contributed by atoms with van der Waals surface area (Å²) in [5.41, 5.74) is 0. The van der Waals surface area contributed by atoms with Crippen molar-refractivity contribution in [2.45, 2.75) is 38.6 Å². The summed E-state index contributed by atoms with van der Waals surface area (Å²) in [6.07, 6.45) is 4.20. The van der Waals surface area contributed by atoms with Crippen molar-refractivity contribution >= 4 is 5.91 Å². The number of hydrazine groups is 1. The minimum atomic E-state index is 0.303. The van der Waals surface area contributed by atoms with E-state index in [1.807, 2.05) is 5.01 Å². The average molecular weight is 211 g/mol. The molecule has 1 amide bonds. The summed E-state index contributed by atoms with van der Waals surface area (Å²) >= 11 is 0. The molecule has 2 fully saturated rings. The molecule has 0 bridgehead atoms. The number of hydrogen-bond acceptors (Lipinski definition) is 3. The average Bonchev–Trinajstić information content (AvgIpc) is 2.74. The van der Waals surface area contributed by atoms with Gasteiger partial charge >= 0.3 is 0 Å². The summed E-state index contributed by atoms with van der Waals surface area (Å²) in [5, 5.41) is 7.60. The number of hydrogen-bond donors (Lipinski definition) is 1. The minimum absolute atomic E-state index is 0.303. The highest BCUT2D eigenvalue weighted by Crippen LogP contribution is 2.15. The normalized spacial score (nSPS) is 28.7. The van der Waals surface area contributed by atoms with Gasteiger partial charge in [0.1, 0.15) is 0 Å². The molecular formula is C11H21N3O. The number of amides is 1. The summed E-state index contributed by atoms with van der Waals surface area (Å²) in [5.74, 6) is 0.303. The Morgan fingerprint density at radius 1 is 1.47 bits per heavy atom. The maximum absolute atomic E-state index is 11.8. The molecule has 0 aromatic rings. The predicted octanol–water partition coefficient (Wildman–Crippen LogP) is 0.598. The molecule has 2 rings (SSSR count). The van der Waals surface area contributed by atoms with Crippen molar-refractivity contribution in [2.75, 3.05) is 26.2 Å². The fourth-order valence-electron chi connectivity index (χ4n) is 2.49. The van der Waals surface area contributed by atoms with Crippen LogP contribution in [0.1, 0.15) is 32.6 Å². The van der Waals surface area contributed by atoms with Crippen LogP contribution in [0.2, 0.25) is 0 Å². The lowest BCUT2D eigenvalue weighted by atomic mass is 10.2. The van der Waals surface area contributed by atoms with Gasteiger partial charge in [-0.2, -0.15) is 0 Å². The largest absolute Gasteiger partial charge is 0.312 e. The lowest BCUT2D eigenvalue weighted by Gasteiger charge is -2.39. The van der Waals surface area contributed by atoms with Gasteiger partial charge in [-0.3, -0.25) is 9.80 Å². The number of nitrogens with zero attached hydrogens (tertiary/aromatic N) is 2. The van der Waals surface area contributed by atoms with Crippen LogP contribution in [0.4, 0.5) is 0 Å². The van der Waals surface area contributed by atoms with Gasteiger partial charge in [-0.15, -0.1) is 0 Å². The van der Waals surface area contributed by atoms with E-state index in [-0.39, 0.29) is 0 Å². The van der Waals surface area contributed by atoms with Gasteiger partial charge < -0.3 is 5.32 Å². The van der Waals surface area contributed by atoms with Gasteiger partial charge in [0.05, 0.1) is 6.54 Å². The van der Waals surface area contributed by atoms with Gasteiger partial charge in [-0.05, 0) is 25.8 Å². The molecule has 2 saturated heterocycles. The first-order valence-electron chi connectivity index (χ1n) is 6.10. The fourth-order valence-corrected chi connectivity index (χ4v) is 2.49. The first-order chi connectivity index (χ1) is 7.31. The zero-order valence-electron chi connectivity index (χ0n) is 9.54. The Hall–Kier alpha value is -0.610. The van der Waals surface area contributed by atoms with E-state index < -0.39 is 0 Å². The minimum Gasteiger partial charge on any atom is -0.312 e. The smallest absolute Gasteiger partial charge is 0.236 e. The van der Waals surface area contributed by atoms with Crippen molar-refractivity contribution in [3.63, 3.8) is 0 Å². The molecule has 0 saturated carbocycles. The molecule has 86 valence electrons. The van der Waals surface area contributed by atoms with E-state index in [1.165, 1.54) is 12.8 Å². The Kier molecular flexibility index (Phi) is 3.59. The number of rotatable bonds is 3. The quantitative estimate of drug-likeness (QED) is 0.742. The van der Waals surface area contributed by atoms with E-state index in [9.17, 15) is 4.79 Å². The molecule has 15 heavy (non-hydrogen) atoms. The fraction of sp³-hybridized carbons (Fsp3) is 0.909. The van der Waals surface area contributed by atoms with Crippen LogP contribution in [0, 0.1) is 0 Å². The second kappa shape index (κ2) is 4.94. The summed E-state index contributed by atoms with van der Waals surface area (Å²) in [6.45, 7) is 6.08. The Balaban J connectivity index is 1.93. The third-order valence-electron chi connectivity index (χ3n) is 3.36. The first-order valence-corrected chi connectivity index (χ1v) is 6.10. The molecular weight excluding hydrogens is 190 g/mol. The molecule has 1 atom stereocenters. The number of nitrogens with one attached hydrogen (secondary N) is 1. The van der Waals surface area contributed by atoms with E-state index in [0.29, 0.717) is 11.9 Å². The standard InChI is InChI=1S/C11H21N3O/c1-2-13-8-4-6-11(15)14(13)9-10-5-3-7-12-10/h10,12H,2-9H2,1H3. The summed E-state index contributed by atoms with van der Waals surface area (Å²) in [7, 11) is 0. The van der Waals surface area contributed by atoms with Crippen LogP contribution in [0.5, 0.6) is 0 Å². The predicted molar refractivity (Wildman–Crippen MR) is 59.2 cm³/mol. The van der Waals surface area contributed by atoms with Gasteiger partial charge in [-0.1, -0.05) is 6.92 Å². The van der Waals surface area contributed by atoms with Gasteiger partial charge in [-0.25, -0.2) is 5.01 Å². The zero-order valence-corrected chi connectivity index (χ0v) is 9.54. The van der Waals surface area contributed by atoms with E-state index in [1.54, 1.807) is 0 Å². The number of carbonyl (C=O) groups is 1. The molecule has 2 aliphatic rings. The Labute approximate surface area is 91.6 Å².